The van der Waals surface area contributed by atoms with Gasteiger partial charge in [-0.2, -0.15) is 0 Å². The molecule has 5 nitrogen and oxygen atoms in total. The van der Waals surface area contributed by atoms with Gasteiger partial charge in [0.15, 0.2) is 0 Å². The maximum Gasteiger partial charge on any atom is 0.302 e. The number of hydrogen-bond donors (Lipinski definition) is 1. The smallest absolute Gasteiger partial charge is 0.302 e. The largest absolute Gasteiger partial charge is 0.463 e. The van der Waals surface area contributed by atoms with E-state index in [0.29, 0.717) is 17.8 Å². The molecule has 0 aromatic rings. The first-order valence-corrected chi connectivity index (χ1v) is 11.2. The van der Waals surface area contributed by atoms with Gasteiger partial charge in [0.05, 0.1) is 6.10 Å². The Hall–Kier alpha value is -1.10. The highest BCUT2D eigenvalue weighted by Gasteiger charge is 2.79. The van der Waals surface area contributed by atoms with Gasteiger partial charge in [-0.05, 0) is 81.0 Å². The van der Waals surface area contributed by atoms with E-state index in [0.717, 1.165) is 51.4 Å². The zero-order chi connectivity index (χ0) is 19.9. The van der Waals surface area contributed by atoms with Crippen molar-refractivity contribution in [2.45, 2.75) is 96.9 Å². The molecule has 5 saturated carbocycles. The number of carbonyl (C=O) groups excluding carboxylic acids is 2. The Bertz CT molecular complexity index is 705. The van der Waals surface area contributed by atoms with Gasteiger partial charge in [-0.1, -0.05) is 6.92 Å². The summed E-state index contributed by atoms with van der Waals surface area (Å²) in [6.45, 7) is 5.33. The Morgan fingerprint density at radius 3 is 2.39 bits per heavy atom. The minimum absolute atomic E-state index is 0.0197. The third-order valence-corrected chi connectivity index (χ3v) is 9.84. The minimum Gasteiger partial charge on any atom is -0.463 e. The first-order valence-electron chi connectivity index (χ1n) is 11.2. The Balaban J connectivity index is 1.39. The molecule has 9 atom stereocenters. The van der Waals surface area contributed by atoms with Crippen molar-refractivity contribution in [1.29, 1.82) is 0 Å². The van der Waals surface area contributed by atoms with Gasteiger partial charge in [0.1, 0.15) is 12.2 Å². The van der Waals surface area contributed by atoms with Crippen LogP contribution < -0.4 is 0 Å². The van der Waals surface area contributed by atoms with E-state index in [2.05, 4.69) is 6.92 Å². The summed E-state index contributed by atoms with van der Waals surface area (Å²) >= 11 is 0. The van der Waals surface area contributed by atoms with Crippen LogP contribution in [0, 0.1) is 34.0 Å². The lowest BCUT2D eigenvalue weighted by Gasteiger charge is -2.56. The van der Waals surface area contributed by atoms with Gasteiger partial charge < -0.3 is 14.6 Å². The van der Waals surface area contributed by atoms with E-state index in [-0.39, 0.29) is 46.5 Å². The van der Waals surface area contributed by atoms with E-state index in [1.54, 1.807) is 0 Å². The van der Waals surface area contributed by atoms with E-state index in [1.165, 1.54) is 20.3 Å². The Kier molecular flexibility index (Phi) is 4.02. The number of aliphatic hydroxyl groups excluding tert-OH is 1. The number of rotatable bonds is 2. The molecule has 0 radical (unpaired) electrons. The Morgan fingerprint density at radius 1 is 0.929 bits per heavy atom. The monoisotopic (exact) mass is 390 g/mol. The maximum absolute atomic E-state index is 11.6. The molecular weight excluding hydrogens is 356 g/mol. The molecule has 0 spiro atoms. The summed E-state index contributed by atoms with van der Waals surface area (Å²) < 4.78 is 11.3. The summed E-state index contributed by atoms with van der Waals surface area (Å²) in [5, 5.41) is 11.3. The normalized spacial score (nSPS) is 53.9. The summed E-state index contributed by atoms with van der Waals surface area (Å²) in [5.41, 5.74) is 0.300. The maximum atomic E-state index is 11.6. The predicted molar refractivity (Wildman–Crippen MR) is 102 cm³/mol. The van der Waals surface area contributed by atoms with Gasteiger partial charge >= 0.3 is 11.9 Å². The Labute approximate surface area is 167 Å². The second-order valence-electron chi connectivity index (χ2n) is 10.8. The summed E-state index contributed by atoms with van der Waals surface area (Å²) in [7, 11) is 0. The van der Waals surface area contributed by atoms with Crippen LogP contribution in [0.4, 0.5) is 0 Å². The Morgan fingerprint density at radius 2 is 1.68 bits per heavy atom. The van der Waals surface area contributed by atoms with Crippen molar-refractivity contribution in [3.63, 3.8) is 0 Å². The number of fused-ring (bicyclic) bond motifs is 3. The van der Waals surface area contributed by atoms with Crippen molar-refractivity contribution in [2.24, 2.45) is 34.0 Å². The molecule has 5 heteroatoms. The molecule has 5 aliphatic rings. The van der Waals surface area contributed by atoms with Crippen LogP contribution in [0.2, 0.25) is 0 Å². The molecule has 0 amide bonds. The molecular formula is C23H34O5. The van der Waals surface area contributed by atoms with Crippen molar-refractivity contribution in [3.8, 4) is 0 Å². The molecule has 0 unspecified atom stereocenters. The first kappa shape index (κ1) is 18.9. The fraction of sp³-hybridized carbons (Fsp3) is 0.913. The molecule has 0 saturated heterocycles. The lowest BCUT2D eigenvalue weighted by atomic mass is 9.49. The van der Waals surface area contributed by atoms with Crippen LogP contribution in [0.5, 0.6) is 0 Å². The van der Waals surface area contributed by atoms with Crippen molar-refractivity contribution in [1.82, 2.24) is 0 Å². The highest BCUT2D eigenvalue weighted by Crippen LogP contribution is 2.83. The van der Waals surface area contributed by atoms with Crippen LogP contribution in [-0.4, -0.2) is 35.4 Å². The van der Waals surface area contributed by atoms with E-state index in [4.69, 9.17) is 9.47 Å². The van der Waals surface area contributed by atoms with Gasteiger partial charge in [-0.3, -0.25) is 9.59 Å². The molecule has 28 heavy (non-hydrogen) atoms. The molecule has 5 rings (SSSR count). The predicted octanol–water partition coefficient (Wildman–Crippen LogP) is 3.62. The van der Waals surface area contributed by atoms with Crippen LogP contribution in [0.3, 0.4) is 0 Å². The van der Waals surface area contributed by atoms with Crippen LogP contribution in [-0.2, 0) is 19.1 Å². The number of hydrogen-bond acceptors (Lipinski definition) is 5. The minimum atomic E-state index is -0.290. The molecule has 1 N–H and O–H groups in total. The van der Waals surface area contributed by atoms with E-state index in [1.807, 2.05) is 0 Å². The lowest BCUT2D eigenvalue weighted by Crippen LogP contribution is -2.54. The summed E-state index contributed by atoms with van der Waals surface area (Å²) in [4.78, 5) is 23.0. The van der Waals surface area contributed by atoms with Crippen molar-refractivity contribution >= 4 is 11.9 Å². The second-order valence-corrected chi connectivity index (χ2v) is 10.8. The van der Waals surface area contributed by atoms with Crippen LogP contribution in [0.25, 0.3) is 0 Å². The number of ether oxygens (including phenoxy) is 2. The van der Waals surface area contributed by atoms with Crippen LogP contribution in [0.1, 0.15) is 78.6 Å². The van der Waals surface area contributed by atoms with Gasteiger partial charge in [0.25, 0.3) is 0 Å². The quantitative estimate of drug-likeness (QED) is 0.729. The summed E-state index contributed by atoms with van der Waals surface area (Å²) in [6, 6.07) is 0. The van der Waals surface area contributed by atoms with Crippen molar-refractivity contribution in [2.75, 3.05) is 0 Å². The zero-order valence-corrected chi connectivity index (χ0v) is 17.4. The van der Waals surface area contributed by atoms with Gasteiger partial charge in [0, 0.05) is 24.7 Å². The fourth-order valence-electron chi connectivity index (χ4n) is 8.80. The van der Waals surface area contributed by atoms with Gasteiger partial charge in [0.2, 0.25) is 0 Å². The lowest BCUT2D eigenvalue weighted by molar-refractivity contribution is -0.166. The second kappa shape index (κ2) is 5.96. The SMILES string of the molecule is CC(=O)O[C@H]1CC[C@@]23C[C@]2(C1)[C@H](O)C[C@H]1[C@@H]2CC[C@H](OC(C)=O)[C@@]2(C)CC[C@@H]13. The molecule has 5 aliphatic carbocycles. The first-order chi connectivity index (χ1) is 13.2. The molecule has 0 aromatic carbocycles. The molecule has 156 valence electrons. The molecule has 0 aliphatic heterocycles. The van der Waals surface area contributed by atoms with Crippen LogP contribution in [0.15, 0.2) is 0 Å². The van der Waals surface area contributed by atoms with Crippen LogP contribution >= 0.6 is 0 Å². The van der Waals surface area contributed by atoms with E-state index < -0.39 is 0 Å². The molecule has 0 bridgehead atoms. The van der Waals surface area contributed by atoms with E-state index >= 15 is 0 Å². The summed E-state index contributed by atoms with van der Waals surface area (Å²) in [6.07, 6.45) is 8.95. The molecule has 5 fully saturated rings. The van der Waals surface area contributed by atoms with Crippen molar-refractivity contribution in [3.05, 3.63) is 0 Å². The third kappa shape index (κ3) is 2.34. The highest BCUT2D eigenvalue weighted by atomic mass is 16.5. The van der Waals surface area contributed by atoms with E-state index in [9.17, 15) is 14.7 Å². The summed E-state index contributed by atoms with van der Waals surface area (Å²) in [5.74, 6) is 1.39. The van der Waals surface area contributed by atoms with Gasteiger partial charge in [-0.15, -0.1) is 0 Å². The topological polar surface area (TPSA) is 72.8 Å². The fourth-order valence-corrected chi connectivity index (χ4v) is 8.80. The average Bonchev–Trinajstić information content (AvgIpc) is 3.21. The standard InChI is InChI=1S/C23H34O5/c1-13(24)27-15-6-9-22-12-23(22,11-15)19(26)10-16-17-4-5-20(28-14(2)25)21(17,3)8-7-18(16)22/h15-20,26H,4-12H2,1-3H3/t15-,16-,17-,18-,19+,20-,21-,22-,23+/m0/s1. The third-order valence-electron chi connectivity index (χ3n) is 9.84. The van der Waals surface area contributed by atoms with Gasteiger partial charge in [-0.25, -0.2) is 0 Å². The zero-order valence-electron chi connectivity index (χ0n) is 17.4. The molecule has 0 aromatic heterocycles. The number of carbonyl (C=O) groups is 2. The van der Waals surface area contributed by atoms with Crippen molar-refractivity contribution < 1.29 is 24.2 Å². The highest BCUT2D eigenvalue weighted by molar-refractivity contribution is 5.66. The molecule has 0 heterocycles. The number of aliphatic hydroxyl groups is 1. The number of esters is 2. The average molecular weight is 391 g/mol.